The lowest BCUT2D eigenvalue weighted by molar-refractivity contribution is -0.151. The molecule has 0 atom stereocenters. The highest BCUT2D eigenvalue weighted by Crippen LogP contribution is 2.21. The van der Waals surface area contributed by atoms with E-state index >= 15 is 0 Å². The Hall–Kier alpha value is -3.40. The zero-order valence-electron chi connectivity index (χ0n) is 16.2. The van der Waals surface area contributed by atoms with Crippen LogP contribution in [0.3, 0.4) is 0 Å². The van der Waals surface area contributed by atoms with E-state index in [-0.39, 0.29) is 18.9 Å². The summed E-state index contributed by atoms with van der Waals surface area (Å²) in [6, 6.07) is 7.35. The number of hydrogen-bond donors (Lipinski definition) is 0. The van der Waals surface area contributed by atoms with Crippen molar-refractivity contribution in [2.45, 2.75) is 6.42 Å². The number of anilines is 1. The molecule has 0 bridgehead atoms. The quantitative estimate of drug-likeness (QED) is 0.548. The number of ether oxygens (including phenoxy) is 1. The molecular formula is C20H20N6O3S. The number of esters is 1. The van der Waals surface area contributed by atoms with Gasteiger partial charge in [0, 0.05) is 50.1 Å². The van der Waals surface area contributed by atoms with Gasteiger partial charge in [-0.25, -0.2) is 15.0 Å². The van der Waals surface area contributed by atoms with Crippen LogP contribution >= 0.6 is 11.3 Å². The van der Waals surface area contributed by atoms with E-state index in [0.717, 1.165) is 10.7 Å². The minimum absolute atomic E-state index is 0.0235. The summed E-state index contributed by atoms with van der Waals surface area (Å²) in [5, 5.41) is 2.55. The molecule has 1 fully saturated rings. The second kappa shape index (κ2) is 9.40. The normalized spacial score (nSPS) is 13.9. The lowest BCUT2D eigenvalue weighted by Crippen LogP contribution is -2.50. The topological polar surface area (TPSA) is 101 Å². The molecule has 1 amide bonds. The van der Waals surface area contributed by atoms with Gasteiger partial charge in [-0.3, -0.25) is 14.6 Å². The zero-order chi connectivity index (χ0) is 20.8. The maximum Gasteiger partial charge on any atom is 0.312 e. The monoisotopic (exact) mass is 424 g/mol. The number of rotatable bonds is 6. The Morgan fingerprint density at radius 3 is 2.50 bits per heavy atom. The van der Waals surface area contributed by atoms with Gasteiger partial charge in [-0.15, -0.1) is 11.3 Å². The van der Waals surface area contributed by atoms with Crippen LogP contribution in [-0.4, -0.2) is 69.5 Å². The van der Waals surface area contributed by atoms with Crippen molar-refractivity contribution in [1.29, 1.82) is 0 Å². The van der Waals surface area contributed by atoms with Gasteiger partial charge in [0.25, 0.3) is 5.91 Å². The molecule has 30 heavy (non-hydrogen) atoms. The molecule has 0 N–H and O–H groups in total. The highest BCUT2D eigenvalue weighted by molar-refractivity contribution is 7.13. The molecule has 0 aliphatic carbocycles. The molecule has 0 spiro atoms. The second-order valence-electron chi connectivity index (χ2n) is 6.61. The third kappa shape index (κ3) is 4.95. The van der Waals surface area contributed by atoms with Crippen molar-refractivity contribution in [2.24, 2.45) is 0 Å². The summed E-state index contributed by atoms with van der Waals surface area (Å²) in [7, 11) is 0. The molecule has 3 aromatic heterocycles. The number of hydrogen-bond acceptors (Lipinski definition) is 9. The van der Waals surface area contributed by atoms with Crippen LogP contribution in [0.2, 0.25) is 0 Å². The molecule has 1 aliphatic rings. The molecule has 10 heteroatoms. The Morgan fingerprint density at radius 1 is 1.00 bits per heavy atom. The van der Waals surface area contributed by atoms with Gasteiger partial charge in [0.1, 0.15) is 5.01 Å². The summed E-state index contributed by atoms with van der Waals surface area (Å²) in [5.41, 5.74) is 1.37. The predicted molar refractivity (Wildman–Crippen MR) is 111 cm³/mol. The molecule has 1 saturated heterocycles. The number of amides is 1. The first kappa shape index (κ1) is 19.9. The van der Waals surface area contributed by atoms with E-state index in [0.29, 0.717) is 37.8 Å². The van der Waals surface area contributed by atoms with E-state index in [9.17, 15) is 9.59 Å². The third-order valence-corrected chi connectivity index (χ3v) is 5.50. The van der Waals surface area contributed by atoms with Gasteiger partial charge in [-0.05, 0) is 18.2 Å². The summed E-state index contributed by atoms with van der Waals surface area (Å²) < 4.78 is 5.17. The van der Waals surface area contributed by atoms with Crippen LogP contribution < -0.4 is 4.90 Å². The van der Waals surface area contributed by atoms with Gasteiger partial charge in [-0.2, -0.15) is 0 Å². The number of thiazole rings is 1. The number of nitrogens with zero attached hydrogens (tertiary/aromatic N) is 6. The van der Waals surface area contributed by atoms with Crippen molar-refractivity contribution in [3.8, 4) is 10.7 Å². The minimum Gasteiger partial charge on any atom is -0.455 e. The van der Waals surface area contributed by atoms with Crippen LogP contribution in [-0.2, 0) is 20.7 Å². The highest BCUT2D eigenvalue weighted by Gasteiger charge is 2.23. The standard InChI is InChI=1S/C20H20N6O3S/c27-17(25-8-10-26(11-9-25)20-22-6-3-7-23-20)13-29-18(28)12-15-14-30-19(24-15)16-4-1-2-5-21-16/h1-7,14H,8-13H2. The maximum atomic E-state index is 12.4. The van der Waals surface area contributed by atoms with Gasteiger partial charge in [-0.1, -0.05) is 6.07 Å². The molecular weight excluding hydrogens is 404 g/mol. The van der Waals surface area contributed by atoms with Crippen LogP contribution in [0.1, 0.15) is 5.69 Å². The number of piperazine rings is 1. The van der Waals surface area contributed by atoms with Gasteiger partial charge >= 0.3 is 5.97 Å². The molecule has 9 nitrogen and oxygen atoms in total. The Balaban J connectivity index is 1.22. The predicted octanol–water partition coefficient (Wildman–Crippen LogP) is 1.43. The minimum atomic E-state index is -0.474. The Labute approximate surface area is 177 Å². The molecule has 4 rings (SSSR count). The summed E-state index contributed by atoms with van der Waals surface area (Å²) in [6.45, 7) is 2.08. The van der Waals surface area contributed by atoms with Gasteiger partial charge in [0.2, 0.25) is 5.95 Å². The van der Waals surface area contributed by atoms with Crippen LogP contribution in [0.4, 0.5) is 5.95 Å². The average Bonchev–Trinajstić information content (AvgIpc) is 3.27. The number of aromatic nitrogens is 4. The maximum absolute atomic E-state index is 12.4. The zero-order valence-corrected chi connectivity index (χ0v) is 17.0. The van der Waals surface area contributed by atoms with Crippen LogP contribution in [0.25, 0.3) is 10.7 Å². The largest absolute Gasteiger partial charge is 0.455 e. The molecule has 0 aromatic carbocycles. The molecule has 154 valence electrons. The van der Waals surface area contributed by atoms with E-state index in [4.69, 9.17) is 4.74 Å². The molecule has 1 aliphatic heterocycles. The van der Waals surface area contributed by atoms with E-state index in [1.54, 1.807) is 34.9 Å². The van der Waals surface area contributed by atoms with Crippen LogP contribution in [0.5, 0.6) is 0 Å². The van der Waals surface area contributed by atoms with Gasteiger partial charge < -0.3 is 14.5 Å². The first-order valence-electron chi connectivity index (χ1n) is 9.50. The Kier molecular flexibility index (Phi) is 6.23. The fraction of sp³-hybridized carbons (Fsp3) is 0.300. The van der Waals surface area contributed by atoms with Crippen molar-refractivity contribution >= 4 is 29.2 Å². The van der Waals surface area contributed by atoms with Crippen LogP contribution in [0.15, 0.2) is 48.2 Å². The summed E-state index contributed by atoms with van der Waals surface area (Å²) >= 11 is 1.42. The van der Waals surface area contributed by atoms with Crippen molar-refractivity contribution < 1.29 is 14.3 Å². The van der Waals surface area contributed by atoms with Crippen molar-refractivity contribution in [3.05, 3.63) is 53.9 Å². The molecule has 0 unspecified atom stereocenters. The summed E-state index contributed by atoms with van der Waals surface area (Å²) in [6.07, 6.45) is 5.11. The van der Waals surface area contributed by atoms with E-state index in [2.05, 4.69) is 19.9 Å². The van der Waals surface area contributed by atoms with Crippen molar-refractivity contribution in [2.75, 3.05) is 37.7 Å². The van der Waals surface area contributed by atoms with Crippen molar-refractivity contribution in [1.82, 2.24) is 24.8 Å². The van der Waals surface area contributed by atoms with Crippen molar-refractivity contribution in [3.63, 3.8) is 0 Å². The number of carbonyl (C=O) groups excluding carboxylic acids is 2. The molecule has 0 saturated carbocycles. The molecule has 3 aromatic rings. The first-order chi connectivity index (χ1) is 14.7. The number of pyridine rings is 1. The molecule has 4 heterocycles. The Bertz CT molecular complexity index is 990. The Morgan fingerprint density at radius 2 is 1.77 bits per heavy atom. The summed E-state index contributed by atoms with van der Waals surface area (Å²) in [4.78, 5) is 45.3. The second-order valence-corrected chi connectivity index (χ2v) is 7.47. The number of carbonyl (C=O) groups is 2. The smallest absolute Gasteiger partial charge is 0.312 e. The summed E-state index contributed by atoms with van der Waals surface area (Å²) in [5.74, 6) is -0.0219. The first-order valence-corrected chi connectivity index (χ1v) is 10.4. The molecule has 0 radical (unpaired) electrons. The van der Waals surface area contributed by atoms with Gasteiger partial charge in [0.05, 0.1) is 17.8 Å². The van der Waals surface area contributed by atoms with E-state index < -0.39 is 5.97 Å². The SMILES string of the molecule is O=C(Cc1csc(-c2ccccn2)n1)OCC(=O)N1CCN(c2ncccn2)CC1. The van der Waals surface area contributed by atoms with E-state index in [1.807, 2.05) is 23.1 Å². The fourth-order valence-electron chi connectivity index (χ4n) is 3.04. The highest BCUT2D eigenvalue weighted by atomic mass is 32.1. The lowest BCUT2D eigenvalue weighted by atomic mass is 10.3. The van der Waals surface area contributed by atoms with Gasteiger partial charge in [0.15, 0.2) is 6.61 Å². The average molecular weight is 424 g/mol. The van der Waals surface area contributed by atoms with E-state index in [1.165, 1.54) is 11.3 Å². The van der Waals surface area contributed by atoms with Crippen LogP contribution in [0, 0.1) is 0 Å². The fourth-order valence-corrected chi connectivity index (χ4v) is 3.83. The lowest BCUT2D eigenvalue weighted by Gasteiger charge is -2.34. The third-order valence-electron chi connectivity index (χ3n) is 4.59.